The Balaban J connectivity index is 0.000000657. The third-order valence-electron chi connectivity index (χ3n) is 8.79. The number of hydrogen-bond donors (Lipinski definition) is 4. The highest BCUT2D eigenvalue weighted by Gasteiger charge is 2.39. The summed E-state index contributed by atoms with van der Waals surface area (Å²) >= 11 is 0. The highest BCUT2D eigenvalue weighted by atomic mass is 16.5. The molecule has 45 heavy (non-hydrogen) atoms. The van der Waals surface area contributed by atoms with Gasteiger partial charge in [-0.3, -0.25) is 14.4 Å². The van der Waals surface area contributed by atoms with Crippen LogP contribution in [0.2, 0.25) is 0 Å². The van der Waals surface area contributed by atoms with Gasteiger partial charge in [-0.25, -0.2) is 0 Å². The number of carbonyl (C=O) groups excluding carboxylic acids is 1. The summed E-state index contributed by atoms with van der Waals surface area (Å²) in [6.07, 6.45) is 10.3. The first-order valence-electron chi connectivity index (χ1n) is 16.2. The van der Waals surface area contributed by atoms with Crippen LogP contribution in [0.5, 0.6) is 11.5 Å². The van der Waals surface area contributed by atoms with E-state index in [0.717, 1.165) is 60.7 Å². The maximum atomic E-state index is 12.4. The van der Waals surface area contributed by atoms with E-state index in [1.54, 1.807) is 13.8 Å². The minimum Gasteiger partial charge on any atom is -0.483 e. The fraction of sp³-hybridized carbons (Fsp3) is 0.541. The lowest BCUT2D eigenvalue weighted by Crippen LogP contribution is -2.37. The zero-order valence-corrected chi connectivity index (χ0v) is 28.4. The van der Waals surface area contributed by atoms with Gasteiger partial charge < -0.3 is 25.6 Å². The normalized spacial score (nSPS) is 13.9. The van der Waals surface area contributed by atoms with E-state index < -0.39 is 11.4 Å². The van der Waals surface area contributed by atoms with Crippen molar-refractivity contribution in [1.29, 1.82) is 0 Å². The number of hydrogen-bond acceptors (Lipinski definition) is 5. The fourth-order valence-corrected chi connectivity index (χ4v) is 4.64. The Kier molecular flexibility index (Phi) is 17.0. The number of amides is 1. The average Bonchev–Trinajstić information content (AvgIpc) is 3.00. The van der Waals surface area contributed by atoms with E-state index in [2.05, 4.69) is 31.1 Å². The van der Waals surface area contributed by atoms with Crippen LogP contribution in [0, 0.1) is 22.7 Å². The molecule has 3 rings (SSSR count). The molecule has 1 fully saturated rings. The minimum atomic E-state index is -0.736. The van der Waals surface area contributed by atoms with Crippen LogP contribution in [-0.2, 0) is 14.4 Å². The molecular formula is C37H56N2O6. The molecule has 1 amide bonds. The van der Waals surface area contributed by atoms with Gasteiger partial charge in [0.2, 0.25) is 5.91 Å². The molecule has 0 saturated heterocycles. The summed E-state index contributed by atoms with van der Waals surface area (Å²) < 4.78 is 5.97. The van der Waals surface area contributed by atoms with Crippen LogP contribution in [0.25, 0.3) is 0 Å². The van der Waals surface area contributed by atoms with E-state index in [0.29, 0.717) is 5.92 Å². The molecule has 0 aromatic heterocycles. The molecule has 1 aliphatic carbocycles. The van der Waals surface area contributed by atoms with Crippen LogP contribution >= 0.6 is 0 Å². The molecule has 0 radical (unpaired) electrons. The molecule has 250 valence electrons. The lowest BCUT2D eigenvalue weighted by Gasteiger charge is -2.34. The number of unbranched alkanes of at least 4 members (excludes halogenated alkanes) is 1. The van der Waals surface area contributed by atoms with E-state index in [9.17, 15) is 9.59 Å². The Morgan fingerprint density at radius 2 is 1.38 bits per heavy atom. The average molecular weight is 625 g/mol. The number of ether oxygens (including phenoxy) is 1. The van der Waals surface area contributed by atoms with Crippen molar-refractivity contribution < 1.29 is 29.3 Å². The highest BCUT2D eigenvalue weighted by molar-refractivity contribution is 5.92. The molecule has 1 saturated carbocycles. The second-order valence-corrected chi connectivity index (χ2v) is 13.2. The summed E-state index contributed by atoms with van der Waals surface area (Å²) in [5.74, 6) is 1.59. The lowest BCUT2D eigenvalue weighted by molar-refractivity contribution is -0.153. The molecule has 1 aliphatic rings. The smallest absolute Gasteiger partial charge is 0.309 e. The largest absolute Gasteiger partial charge is 0.483 e. The van der Waals surface area contributed by atoms with Crippen molar-refractivity contribution >= 4 is 29.7 Å². The van der Waals surface area contributed by atoms with Crippen molar-refractivity contribution in [3.05, 3.63) is 60.8 Å². The zero-order chi connectivity index (χ0) is 34.0. The van der Waals surface area contributed by atoms with E-state index in [1.807, 2.05) is 69.3 Å². The van der Waals surface area contributed by atoms with Crippen LogP contribution in [-0.4, -0.2) is 28.6 Å². The van der Waals surface area contributed by atoms with Crippen LogP contribution < -0.4 is 15.4 Å². The Hall–Kier alpha value is -3.81. The van der Waals surface area contributed by atoms with Crippen molar-refractivity contribution in [3.8, 4) is 11.5 Å². The molecule has 0 bridgehead atoms. The predicted octanol–water partition coefficient (Wildman–Crippen LogP) is 9.98. The summed E-state index contributed by atoms with van der Waals surface area (Å²) in [6, 6.07) is 15.5. The molecule has 1 unspecified atom stereocenters. The van der Waals surface area contributed by atoms with Gasteiger partial charge in [0.25, 0.3) is 6.47 Å². The second-order valence-electron chi connectivity index (χ2n) is 13.2. The van der Waals surface area contributed by atoms with Crippen molar-refractivity contribution in [3.63, 3.8) is 0 Å². The first-order chi connectivity index (χ1) is 21.2. The molecule has 0 aliphatic heterocycles. The number of benzene rings is 2. The maximum absolute atomic E-state index is 12.4. The molecule has 8 nitrogen and oxygen atoms in total. The van der Waals surface area contributed by atoms with Gasteiger partial charge in [0.05, 0.1) is 5.41 Å². The lowest BCUT2D eigenvalue weighted by atomic mass is 9.69. The summed E-state index contributed by atoms with van der Waals surface area (Å²) in [4.78, 5) is 31.4. The number of carboxylic acids is 1. The third-order valence-corrected chi connectivity index (χ3v) is 8.79. The van der Waals surface area contributed by atoms with Crippen molar-refractivity contribution in [2.75, 3.05) is 10.6 Å². The number of rotatable bonds is 12. The van der Waals surface area contributed by atoms with E-state index in [1.165, 1.54) is 25.7 Å². The van der Waals surface area contributed by atoms with Gasteiger partial charge in [0.15, 0.2) is 0 Å². The minimum absolute atomic E-state index is 0.142. The third kappa shape index (κ3) is 13.8. The van der Waals surface area contributed by atoms with Gasteiger partial charge in [-0.1, -0.05) is 73.3 Å². The topological polar surface area (TPSA) is 125 Å². The van der Waals surface area contributed by atoms with E-state index in [4.69, 9.17) is 19.7 Å². The zero-order valence-electron chi connectivity index (χ0n) is 28.4. The van der Waals surface area contributed by atoms with Gasteiger partial charge in [0, 0.05) is 23.0 Å². The summed E-state index contributed by atoms with van der Waals surface area (Å²) in [5, 5.41) is 22.2. The monoisotopic (exact) mass is 624 g/mol. The van der Waals surface area contributed by atoms with Gasteiger partial charge in [-0.15, -0.1) is 0 Å². The Morgan fingerprint density at radius 3 is 1.76 bits per heavy atom. The standard InChI is InChI=1S/C28H38N2O2.C8H16O2.CH2O2/c1-4-6-10-22(5-2)21(3)29-24-13-17-26(18-14-24)32-27-19-15-25(16-20-27)30-28(31)23-11-8-7-9-12-23;1-7(2,3)8(4,5)6(9)10;2-1-3/h13-20,22-23,29H,3-12H2,1-2H3,(H,30,31);1-5H3,(H,9,10);1H,(H,2,3). The van der Waals surface area contributed by atoms with E-state index >= 15 is 0 Å². The molecule has 2 aromatic rings. The number of anilines is 2. The van der Waals surface area contributed by atoms with Crippen LogP contribution in [0.1, 0.15) is 106 Å². The number of allylic oxidation sites excluding steroid dienone is 1. The Morgan fingerprint density at radius 1 is 0.911 bits per heavy atom. The predicted molar refractivity (Wildman–Crippen MR) is 184 cm³/mol. The van der Waals surface area contributed by atoms with Crippen LogP contribution in [0.3, 0.4) is 0 Å². The first-order valence-corrected chi connectivity index (χ1v) is 16.2. The summed E-state index contributed by atoms with van der Waals surface area (Å²) in [7, 11) is 0. The Labute approximate surface area is 270 Å². The fourth-order valence-electron chi connectivity index (χ4n) is 4.64. The molecular weight excluding hydrogens is 568 g/mol. The van der Waals surface area contributed by atoms with Gasteiger partial charge >= 0.3 is 5.97 Å². The van der Waals surface area contributed by atoms with Crippen LogP contribution in [0.15, 0.2) is 60.8 Å². The SMILES string of the molecule is C=C(Nc1ccc(Oc2ccc(NC(=O)C3CCCCC3)cc2)cc1)C(CC)CCCC.CC(C)(C)C(C)(C)C(=O)O.O=CO. The van der Waals surface area contributed by atoms with Crippen molar-refractivity contribution in [2.45, 2.75) is 106 Å². The molecule has 8 heteroatoms. The highest BCUT2D eigenvalue weighted by Crippen LogP contribution is 2.37. The quantitative estimate of drug-likeness (QED) is 0.173. The number of nitrogens with one attached hydrogen (secondary N) is 2. The summed E-state index contributed by atoms with van der Waals surface area (Å²) in [6.45, 7) is 17.7. The first kappa shape index (κ1) is 39.2. The molecule has 0 heterocycles. The number of aliphatic carboxylic acids is 1. The summed E-state index contributed by atoms with van der Waals surface area (Å²) in [5.41, 5.74) is 2.10. The number of carbonyl (C=O) groups is 3. The number of carboxylic acid groups (broad SMARTS) is 2. The molecule has 4 N–H and O–H groups in total. The molecule has 1 atom stereocenters. The van der Waals surface area contributed by atoms with E-state index in [-0.39, 0.29) is 23.7 Å². The Bertz CT molecular complexity index is 1180. The maximum Gasteiger partial charge on any atom is 0.309 e. The van der Waals surface area contributed by atoms with Crippen molar-refractivity contribution in [2.24, 2.45) is 22.7 Å². The van der Waals surface area contributed by atoms with Crippen molar-refractivity contribution in [1.82, 2.24) is 0 Å². The molecule has 0 spiro atoms. The molecule has 2 aromatic carbocycles. The van der Waals surface area contributed by atoms with Gasteiger partial charge in [0.1, 0.15) is 11.5 Å². The van der Waals surface area contributed by atoms with Crippen LogP contribution in [0.4, 0.5) is 11.4 Å². The van der Waals surface area contributed by atoms with Gasteiger partial charge in [-0.05, 0) is 99.4 Å². The second kappa shape index (κ2) is 19.6. The van der Waals surface area contributed by atoms with Gasteiger partial charge in [-0.2, -0.15) is 0 Å².